The third kappa shape index (κ3) is 7.54. The number of piperidine rings is 3. The van der Waals surface area contributed by atoms with Crippen LogP contribution in [0.1, 0.15) is 56.6 Å². The highest BCUT2D eigenvalue weighted by atomic mass is 35.5. The first-order chi connectivity index (χ1) is 16.7. The minimum absolute atomic E-state index is 0. The summed E-state index contributed by atoms with van der Waals surface area (Å²) in [7, 11) is 1.92. The number of amides is 1. The van der Waals surface area contributed by atoms with Crippen LogP contribution >= 0.6 is 23.2 Å². The molecule has 0 saturated carbocycles. The van der Waals surface area contributed by atoms with Gasteiger partial charge in [-0.15, -0.1) is 0 Å². The van der Waals surface area contributed by atoms with E-state index in [1.165, 1.54) is 43.4 Å². The van der Waals surface area contributed by atoms with Crippen LogP contribution < -0.4 is 17.1 Å². The first-order valence-corrected chi connectivity index (χ1v) is 13.8. The van der Waals surface area contributed by atoms with E-state index in [1.807, 2.05) is 62.2 Å². The van der Waals surface area contributed by atoms with Crippen LogP contribution in [-0.2, 0) is 11.2 Å². The molecular formula is C29H39Cl3N2O2. The van der Waals surface area contributed by atoms with E-state index in [2.05, 4.69) is 6.07 Å². The van der Waals surface area contributed by atoms with Crippen molar-refractivity contribution in [3.05, 3.63) is 63.6 Å². The van der Waals surface area contributed by atoms with E-state index in [-0.39, 0.29) is 30.3 Å². The number of hydrogen-bond acceptors (Lipinski definition) is 2. The second-order valence-electron chi connectivity index (χ2n) is 10.9. The molecule has 0 N–H and O–H groups in total. The number of ether oxygens (including phenoxy) is 1. The number of quaternary nitrogens is 1. The smallest absolute Gasteiger partial charge is 0.226 e. The molecule has 2 aromatic rings. The van der Waals surface area contributed by atoms with E-state index in [4.69, 9.17) is 27.9 Å². The average molecular weight is 554 g/mol. The number of carbonyl (C=O) groups excluding carboxylic acids is 1. The topological polar surface area (TPSA) is 29.5 Å². The van der Waals surface area contributed by atoms with Crippen LogP contribution in [0.5, 0.6) is 5.75 Å². The van der Waals surface area contributed by atoms with Crippen molar-refractivity contribution in [1.82, 2.24) is 4.90 Å². The van der Waals surface area contributed by atoms with E-state index in [9.17, 15) is 4.79 Å². The highest BCUT2D eigenvalue weighted by Gasteiger charge is 2.39. The van der Waals surface area contributed by atoms with Crippen molar-refractivity contribution in [3.8, 4) is 5.75 Å². The molecule has 1 unspecified atom stereocenters. The summed E-state index contributed by atoms with van der Waals surface area (Å²) in [5.41, 5.74) is 2.14. The zero-order valence-electron chi connectivity index (χ0n) is 21.7. The van der Waals surface area contributed by atoms with Gasteiger partial charge in [-0.25, -0.2) is 0 Å². The normalized spacial score (nSPS) is 21.7. The van der Waals surface area contributed by atoms with E-state index in [0.29, 0.717) is 23.0 Å². The van der Waals surface area contributed by atoms with Crippen molar-refractivity contribution >= 4 is 29.1 Å². The number of hydrogen-bond donors (Lipinski definition) is 0. The molecule has 4 nitrogen and oxygen atoms in total. The highest BCUT2D eigenvalue weighted by Crippen LogP contribution is 2.36. The lowest BCUT2D eigenvalue weighted by Crippen LogP contribution is -3.00. The van der Waals surface area contributed by atoms with Crippen molar-refractivity contribution in [2.75, 3.05) is 39.8 Å². The Morgan fingerprint density at radius 3 is 2.39 bits per heavy atom. The lowest BCUT2D eigenvalue weighted by Gasteiger charge is -2.49. The van der Waals surface area contributed by atoms with Crippen LogP contribution in [0.3, 0.4) is 0 Å². The van der Waals surface area contributed by atoms with E-state index >= 15 is 0 Å². The first kappa shape index (κ1) is 29.1. The molecule has 2 aromatic carbocycles. The van der Waals surface area contributed by atoms with Crippen LogP contribution in [0.2, 0.25) is 10.0 Å². The molecule has 36 heavy (non-hydrogen) atoms. The largest absolute Gasteiger partial charge is 1.00 e. The second kappa shape index (κ2) is 12.9. The van der Waals surface area contributed by atoms with Gasteiger partial charge < -0.3 is 26.5 Å². The molecular weight excluding hydrogens is 515 g/mol. The van der Waals surface area contributed by atoms with E-state index in [0.717, 1.165) is 35.8 Å². The minimum atomic E-state index is 0. The maximum Gasteiger partial charge on any atom is 0.226 e. The van der Waals surface area contributed by atoms with Crippen molar-refractivity contribution in [2.45, 2.75) is 58.0 Å². The Labute approximate surface area is 232 Å². The van der Waals surface area contributed by atoms with Gasteiger partial charge in [-0.05, 0) is 74.4 Å². The molecule has 3 aliphatic heterocycles. The quantitative estimate of drug-likeness (QED) is 0.421. The second-order valence-corrected chi connectivity index (χ2v) is 11.7. The van der Waals surface area contributed by atoms with E-state index in [1.54, 1.807) is 0 Å². The number of fused-ring (bicyclic) bond motifs is 3. The summed E-state index contributed by atoms with van der Waals surface area (Å²) in [6.45, 7) is 9.76. The predicted octanol–water partition coefficient (Wildman–Crippen LogP) is 3.59. The molecule has 0 spiro atoms. The van der Waals surface area contributed by atoms with Gasteiger partial charge in [0, 0.05) is 25.9 Å². The maximum absolute atomic E-state index is 13.2. The van der Waals surface area contributed by atoms with Crippen LogP contribution in [0.25, 0.3) is 0 Å². The van der Waals surface area contributed by atoms with Gasteiger partial charge in [0.05, 0.1) is 48.7 Å². The molecule has 3 heterocycles. The molecule has 0 radical (unpaired) electrons. The van der Waals surface area contributed by atoms with Gasteiger partial charge >= 0.3 is 0 Å². The van der Waals surface area contributed by atoms with Crippen molar-refractivity contribution in [2.24, 2.45) is 5.92 Å². The lowest BCUT2D eigenvalue weighted by molar-refractivity contribution is -0.943. The Hall–Kier alpha value is -1.46. The van der Waals surface area contributed by atoms with Crippen LogP contribution in [0.15, 0.2) is 42.5 Å². The summed E-state index contributed by atoms with van der Waals surface area (Å²) < 4.78 is 7.05. The van der Waals surface area contributed by atoms with Crippen molar-refractivity contribution in [3.63, 3.8) is 0 Å². The van der Waals surface area contributed by atoms with Crippen LogP contribution in [-0.4, -0.2) is 61.2 Å². The summed E-state index contributed by atoms with van der Waals surface area (Å²) >= 11 is 12.6. The third-order valence-electron chi connectivity index (χ3n) is 7.95. The number of nitrogens with zero attached hydrogens (tertiary/aromatic N) is 2. The molecule has 5 rings (SSSR count). The summed E-state index contributed by atoms with van der Waals surface area (Å²) in [6.07, 6.45) is 5.62. The average Bonchev–Trinajstić information content (AvgIpc) is 2.84. The number of halogens is 3. The molecule has 3 aliphatic rings. The van der Waals surface area contributed by atoms with Gasteiger partial charge in [0.25, 0.3) is 0 Å². The maximum atomic E-state index is 13.2. The monoisotopic (exact) mass is 552 g/mol. The fourth-order valence-corrected chi connectivity index (χ4v) is 6.08. The van der Waals surface area contributed by atoms with E-state index < -0.39 is 0 Å². The number of rotatable bonds is 10. The summed E-state index contributed by atoms with van der Waals surface area (Å²) in [5, 5.41) is 1.15. The van der Waals surface area contributed by atoms with Gasteiger partial charge in [0.2, 0.25) is 5.91 Å². The van der Waals surface area contributed by atoms with Crippen LogP contribution in [0.4, 0.5) is 0 Å². The molecule has 2 bridgehead atoms. The Bertz CT molecular complexity index is 1010. The number of likely N-dealkylation sites (N-methyl/N-ethyl adjacent to an activating group) is 1. The molecule has 3 saturated heterocycles. The number of benzene rings is 2. The highest BCUT2D eigenvalue weighted by molar-refractivity contribution is 6.42. The third-order valence-corrected chi connectivity index (χ3v) is 8.69. The Kier molecular flexibility index (Phi) is 10.4. The van der Waals surface area contributed by atoms with Gasteiger partial charge in [-0.2, -0.15) is 0 Å². The zero-order chi connectivity index (χ0) is 25.0. The first-order valence-electron chi connectivity index (χ1n) is 13.0. The minimum Gasteiger partial charge on any atom is -1.00 e. The standard InChI is InChI=1S/C29H39Cl2N2O2.ClH/c1-21(2)35-26-6-4-5-23(17-26)18-29(34)32(3)20-25(24-7-8-27(30)28(31)19-24)12-16-33-13-9-22(10-14-33)11-15-33;/h4-8,17,19,21-22,25H,9-16,18,20H2,1-3H3;1H/q+1;/p-1. The molecule has 1 amide bonds. The molecule has 7 heteroatoms. The Balaban J connectivity index is 0.00000361. The summed E-state index contributed by atoms with van der Waals surface area (Å²) in [6, 6.07) is 13.8. The van der Waals surface area contributed by atoms with Gasteiger partial charge in [-0.3, -0.25) is 4.79 Å². The molecule has 1 atom stereocenters. The Morgan fingerprint density at radius 1 is 1.06 bits per heavy atom. The van der Waals surface area contributed by atoms with Gasteiger partial charge in [0.1, 0.15) is 5.75 Å². The zero-order valence-corrected chi connectivity index (χ0v) is 24.0. The number of carbonyl (C=O) groups is 1. The van der Waals surface area contributed by atoms with Crippen molar-refractivity contribution < 1.29 is 26.4 Å². The fourth-order valence-electron chi connectivity index (χ4n) is 5.78. The molecule has 198 valence electrons. The fraction of sp³-hybridized carbons (Fsp3) is 0.552. The predicted molar refractivity (Wildman–Crippen MR) is 144 cm³/mol. The van der Waals surface area contributed by atoms with Crippen LogP contribution in [0, 0.1) is 5.92 Å². The van der Waals surface area contributed by atoms with Crippen molar-refractivity contribution in [1.29, 1.82) is 0 Å². The summed E-state index contributed by atoms with van der Waals surface area (Å²) in [4.78, 5) is 15.1. The molecule has 0 aromatic heterocycles. The SMILES string of the molecule is CC(C)Oc1cccc(CC(=O)N(C)CC(CC[N+]23CCC(CC2)CC3)c2ccc(Cl)c(Cl)c2)c1.[Cl-]. The summed E-state index contributed by atoms with van der Waals surface area (Å²) in [5.74, 6) is 2.10. The van der Waals surface area contributed by atoms with Gasteiger partial charge in [0.15, 0.2) is 0 Å². The Morgan fingerprint density at radius 2 is 1.75 bits per heavy atom. The molecule has 0 aliphatic carbocycles. The lowest BCUT2D eigenvalue weighted by atomic mass is 9.84. The molecule has 3 fully saturated rings. The van der Waals surface area contributed by atoms with Gasteiger partial charge in [-0.1, -0.05) is 41.4 Å².